The van der Waals surface area contributed by atoms with E-state index in [1.165, 1.54) is 6.07 Å². The maximum absolute atomic E-state index is 13.5. The molecule has 0 unspecified atom stereocenters. The van der Waals surface area contributed by atoms with E-state index in [1.807, 2.05) is 24.3 Å². The molecule has 0 spiro atoms. The zero-order chi connectivity index (χ0) is 27.7. The molecule has 0 aliphatic carbocycles. The minimum absolute atomic E-state index is 0.0232. The SMILES string of the molecule is [C-]#[N+]c1ccc(N2C(=O)C(C)(C)N(CCCOc3ccc(CN4CCC(=O)C4)cc3)C2=S)cc1C(F)(F)F. The molecule has 2 aromatic carbocycles. The fraction of sp³-hybridized carbons (Fsp3) is 0.407. The van der Waals surface area contributed by atoms with E-state index in [9.17, 15) is 22.8 Å². The van der Waals surface area contributed by atoms with Crippen LogP contribution in [-0.2, 0) is 22.3 Å². The van der Waals surface area contributed by atoms with Crippen molar-refractivity contribution in [3.8, 4) is 5.75 Å². The van der Waals surface area contributed by atoms with Gasteiger partial charge in [0.15, 0.2) is 10.8 Å². The Bertz CT molecular complexity index is 1290. The average molecular weight is 545 g/mol. The van der Waals surface area contributed by atoms with Crippen molar-refractivity contribution in [2.24, 2.45) is 0 Å². The molecule has 0 N–H and O–H groups in total. The minimum atomic E-state index is -4.74. The summed E-state index contributed by atoms with van der Waals surface area (Å²) in [5.41, 5.74) is -1.64. The first-order chi connectivity index (χ1) is 17.9. The predicted octanol–water partition coefficient (Wildman–Crippen LogP) is 5.21. The summed E-state index contributed by atoms with van der Waals surface area (Å²) in [4.78, 5) is 32.5. The van der Waals surface area contributed by atoms with Gasteiger partial charge < -0.3 is 9.64 Å². The van der Waals surface area contributed by atoms with Crippen molar-refractivity contribution in [2.45, 2.75) is 44.9 Å². The van der Waals surface area contributed by atoms with Crippen LogP contribution in [0.1, 0.15) is 37.8 Å². The molecule has 4 rings (SSSR count). The van der Waals surface area contributed by atoms with E-state index in [1.54, 1.807) is 18.7 Å². The molecular weight excluding hydrogens is 517 g/mol. The van der Waals surface area contributed by atoms with Crippen LogP contribution in [0.25, 0.3) is 4.85 Å². The van der Waals surface area contributed by atoms with E-state index < -0.39 is 28.9 Å². The molecule has 0 atom stereocenters. The van der Waals surface area contributed by atoms with Gasteiger partial charge in [-0.3, -0.25) is 19.4 Å². The molecule has 2 aliphatic heterocycles. The summed E-state index contributed by atoms with van der Waals surface area (Å²) in [5.74, 6) is 0.508. The van der Waals surface area contributed by atoms with Crippen LogP contribution in [0.15, 0.2) is 42.5 Å². The summed E-state index contributed by atoms with van der Waals surface area (Å²) < 4.78 is 46.3. The molecule has 0 saturated carbocycles. The molecule has 0 bridgehead atoms. The van der Waals surface area contributed by atoms with Crippen LogP contribution >= 0.6 is 12.2 Å². The smallest absolute Gasteiger partial charge is 0.407 e. The molecule has 2 aliphatic rings. The van der Waals surface area contributed by atoms with Crippen molar-refractivity contribution < 1.29 is 27.5 Å². The number of carbonyl (C=O) groups excluding carboxylic acids is 2. The number of thiocarbonyl (C=S) groups is 1. The highest BCUT2D eigenvalue weighted by molar-refractivity contribution is 7.80. The lowest BCUT2D eigenvalue weighted by molar-refractivity contribution is -0.137. The van der Waals surface area contributed by atoms with Crippen molar-refractivity contribution in [1.82, 2.24) is 9.80 Å². The van der Waals surface area contributed by atoms with Gasteiger partial charge in [0.1, 0.15) is 17.1 Å². The van der Waals surface area contributed by atoms with Gasteiger partial charge in [0, 0.05) is 31.7 Å². The first kappa shape index (κ1) is 27.5. The number of ether oxygens (including phenoxy) is 1. The highest BCUT2D eigenvalue weighted by Crippen LogP contribution is 2.40. The Morgan fingerprint density at radius 2 is 1.84 bits per heavy atom. The summed E-state index contributed by atoms with van der Waals surface area (Å²) >= 11 is 5.51. The number of nitrogens with zero attached hydrogens (tertiary/aromatic N) is 4. The Morgan fingerprint density at radius 1 is 1.13 bits per heavy atom. The van der Waals surface area contributed by atoms with Gasteiger partial charge in [0.05, 0.1) is 25.3 Å². The number of hydrogen-bond acceptors (Lipinski definition) is 5. The first-order valence-electron chi connectivity index (χ1n) is 12.1. The Balaban J connectivity index is 1.36. The van der Waals surface area contributed by atoms with E-state index in [0.29, 0.717) is 44.8 Å². The molecule has 2 heterocycles. The van der Waals surface area contributed by atoms with Gasteiger partial charge in [-0.15, -0.1) is 0 Å². The fourth-order valence-electron chi connectivity index (χ4n) is 4.61. The maximum Gasteiger partial charge on any atom is 0.407 e. The second-order valence-corrected chi connectivity index (χ2v) is 10.2. The van der Waals surface area contributed by atoms with Crippen molar-refractivity contribution in [3.63, 3.8) is 0 Å². The van der Waals surface area contributed by atoms with E-state index in [4.69, 9.17) is 23.5 Å². The van der Waals surface area contributed by atoms with Gasteiger partial charge in [-0.05, 0) is 62.3 Å². The van der Waals surface area contributed by atoms with E-state index in [-0.39, 0.29) is 16.6 Å². The normalized spacial score (nSPS) is 17.8. The zero-order valence-corrected chi connectivity index (χ0v) is 21.9. The Labute approximate surface area is 224 Å². The summed E-state index contributed by atoms with van der Waals surface area (Å²) in [7, 11) is 0. The number of benzene rings is 2. The van der Waals surface area contributed by atoms with Crippen molar-refractivity contribution in [3.05, 3.63) is 65.0 Å². The summed E-state index contributed by atoms with van der Waals surface area (Å²) in [5, 5.41) is 0.105. The highest BCUT2D eigenvalue weighted by atomic mass is 32.1. The number of likely N-dealkylation sites (tertiary alicyclic amines) is 1. The number of halogens is 3. The molecule has 38 heavy (non-hydrogen) atoms. The van der Waals surface area contributed by atoms with Crippen molar-refractivity contribution >= 4 is 40.4 Å². The van der Waals surface area contributed by atoms with E-state index in [0.717, 1.165) is 29.1 Å². The Morgan fingerprint density at radius 3 is 2.45 bits per heavy atom. The average Bonchev–Trinajstić information content (AvgIpc) is 3.34. The number of alkyl halides is 3. The number of hydrogen-bond donors (Lipinski definition) is 0. The first-order valence-corrected chi connectivity index (χ1v) is 12.5. The van der Waals surface area contributed by atoms with Gasteiger partial charge in [-0.25, -0.2) is 4.85 Å². The van der Waals surface area contributed by atoms with Gasteiger partial charge in [-0.1, -0.05) is 18.2 Å². The molecular formula is C27H27F3N4O3S. The number of amides is 1. The monoisotopic (exact) mass is 544 g/mol. The Kier molecular flexibility index (Phi) is 7.76. The van der Waals surface area contributed by atoms with Gasteiger partial charge in [0.2, 0.25) is 0 Å². The molecule has 0 aromatic heterocycles. The molecule has 2 aromatic rings. The number of anilines is 1. The predicted molar refractivity (Wildman–Crippen MR) is 140 cm³/mol. The fourth-order valence-corrected chi connectivity index (χ4v) is 5.12. The molecule has 11 heteroatoms. The molecule has 200 valence electrons. The number of Topliss-reactive ketones (excluding diaryl/α,β-unsaturated/α-hetero) is 1. The van der Waals surface area contributed by atoms with Crippen molar-refractivity contribution in [2.75, 3.05) is 31.1 Å². The standard InChI is InChI=1S/C27H27F3N4O3S/c1-26(2)24(36)34(19-7-10-23(31-3)22(15-19)27(28,29)30)25(38)33(26)12-4-14-37-21-8-5-18(6-9-21)16-32-13-11-20(35)17-32/h5-10,15H,4,11-14,16-17H2,1-2H3. The number of rotatable bonds is 8. The second-order valence-electron chi connectivity index (χ2n) is 9.79. The highest BCUT2D eigenvalue weighted by Gasteiger charge is 2.49. The third-order valence-electron chi connectivity index (χ3n) is 6.72. The van der Waals surface area contributed by atoms with E-state index >= 15 is 0 Å². The molecule has 1 amide bonds. The second kappa shape index (κ2) is 10.7. The molecule has 2 fully saturated rings. The third-order valence-corrected chi connectivity index (χ3v) is 7.12. The molecule has 0 radical (unpaired) electrons. The molecule has 2 saturated heterocycles. The summed E-state index contributed by atoms with van der Waals surface area (Å²) in [6.07, 6.45) is -3.62. The van der Waals surface area contributed by atoms with Gasteiger partial charge >= 0.3 is 6.18 Å². The third kappa shape index (κ3) is 5.66. The minimum Gasteiger partial charge on any atom is -0.494 e. The van der Waals surface area contributed by atoms with Crippen LogP contribution < -0.4 is 9.64 Å². The number of ketones is 1. The van der Waals surface area contributed by atoms with Gasteiger partial charge in [0.25, 0.3) is 5.91 Å². The van der Waals surface area contributed by atoms with Crippen LogP contribution in [0.5, 0.6) is 5.75 Å². The van der Waals surface area contributed by atoms with Crippen LogP contribution in [0.2, 0.25) is 0 Å². The number of carbonyl (C=O) groups is 2. The van der Waals surface area contributed by atoms with Crippen LogP contribution in [0.4, 0.5) is 24.5 Å². The van der Waals surface area contributed by atoms with Crippen LogP contribution in [-0.4, -0.2) is 58.4 Å². The lowest BCUT2D eigenvalue weighted by Crippen LogP contribution is -2.44. The quantitative estimate of drug-likeness (QED) is 0.258. The summed E-state index contributed by atoms with van der Waals surface area (Å²) in [6.45, 7) is 13.1. The largest absolute Gasteiger partial charge is 0.494 e. The van der Waals surface area contributed by atoms with E-state index in [2.05, 4.69) is 9.74 Å². The van der Waals surface area contributed by atoms with Gasteiger partial charge in [-0.2, -0.15) is 13.2 Å². The van der Waals surface area contributed by atoms with Crippen LogP contribution in [0, 0.1) is 6.57 Å². The zero-order valence-electron chi connectivity index (χ0n) is 21.0. The van der Waals surface area contributed by atoms with Crippen LogP contribution in [0.3, 0.4) is 0 Å². The lowest BCUT2D eigenvalue weighted by Gasteiger charge is -2.29. The maximum atomic E-state index is 13.5. The molecule has 7 nitrogen and oxygen atoms in total. The lowest BCUT2D eigenvalue weighted by atomic mass is 10.0. The Hall–Kier alpha value is -3.49. The topological polar surface area (TPSA) is 57.5 Å². The van der Waals surface area contributed by atoms with Crippen molar-refractivity contribution in [1.29, 1.82) is 0 Å². The summed E-state index contributed by atoms with van der Waals surface area (Å²) in [6, 6.07) is 10.8.